The zero-order valence-electron chi connectivity index (χ0n) is 12.1. The third-order valence-electron chi connectivity index (χ3n) is 2.87. The molecule has 21 heavy (non-hydrogen) atoms. The van der Waals surface area contributed by atoms with Crippen molar-refractivity contribution < 1.29 is 23.4 Å². The van der Waals surface area contributed by atoms with Crippen LogP contribution in [-0.2, 0) is 11.3 Å². The summed E-state index contributed by atoms with van der Waals surface area (Å²) in [6.07, 6.45) is 0. The highest BCUT2D eigenvalue weighted by Crippen LogP contribution is 2.26. The molecule has 0 radical (unpaired) electrons. The maximum Gasteiger partial charge on any atom is 0.373 e. The number of hydrogen-bond acceptors (Lipinski definition) is 6. The smallest absolute Gasteiger partial charge is 0.373 e. The molecule has 0 amide bonds. The van der Waals surface area contributed by atoms with E-state index in [0.29, 0.717) is 23.8 Å². The fraction of sp³-hybridized carbons (Fsp3) is 0.267. The first kappa shape index (κ1) is 14.8. The summed E-state index contributed by atoms with van der Waals surface area (Å²) >= 11 is 0. The number of rotatable bonds is 6. The molecule has 0 atom stereocenters. The molecule has 2 aromatic rings. The molecule has 0 unspecified atom stereocenters. The van der Waals surface area contributed by atoms with E-state index in [1.807, 2.05) is 12.1 Å². The van der Waals surface area contributed by atoms with Crippen molar-refractivity contribution in [3.05, 3.63) is 41.9 Å². The highest BCUT2D eigenvalue weighted by molar-refractivity contribution is 5.86. The quantitative estimate of drug-likeness (QED) is 0.825. The molecule has 6 nitrogen and oxygen atoms in total. The summed E-state index contributed by atoms with van der Waals surface area (Å²) in [5, 5.41) is 3.17. The maximum absolute atomic E-state index is 11.3. The van der Waals surface area contributed by atoms with E-state index in [9.17, 15) is 4.79 Å². The molecular formula is C15H17NO5. The van der Waals surface area contributed by atoms with Gasteiger partial charge in [-0.15, -0.1) is 0 Å². The number of ether oxygens (including phenoxy) is 3. The lowest BCUT2D eigenvalue weighted by atomic mass is 10.2. The van der Waals surface area contributed by atoms with Crippen LogP contribution in [0.4, 0.5) is 5.69 Å². The minimum atomic E-state index is -0.496. The number of methoxy groups -OCH3 is 3. The monoisotopic (exact) mass is 291 g/mol. The Morgan fingerprint density at radius 2 is 1.76 bits per heavy atom. The zero-order valence-corrected chi connectivity index (χ0v) is 12.1. The second kappa shape index (κ2) is 6.69. The van der Waals surface area contributed by atoms with Crippen LogP contribution >= 0.6 is 0 Å². The summed E-state index contributed by atoms with van der Waals surface area (Å²) < 4.78 is 20.3. The first-order valence-electron chi connectivity index (χ1n) is 6.30. The summed E-state index contributed by atoms with van der Waals surface area (Å²) in [7, 11) is 4.49. The number of furan rings is 1. The molecular weight excluding hydrogens is 274 g/mol. The summed E-state index contributed by atoms with van der Waals surface area (Å²) in [5.41, 5.74) is 0.821. The molecule has 0 aliphatic rings. The van der Waals surface area contributed by atoms with Gasteiger partial charge in [-0.25, -0.2) is 4.79 Å². The highest BCUT2D eigenvalue weighted by atomic mass is 16.5. The standard InChI is InChI=1S/C15H17NO5/c1-18-12-6-10(7-13(8-12)19-2)16-9-11-4-5-14(21-11)15(17)20-3/h4-8,16H,9H2,1-3H3. The third kappa shape index (κ3) is 3.68. The SMILES string of the molecule is COC(=O)c1ccc(CNc2cc(OC)cc(OC)c2)o1. The molecule has 1 aromatic heterocycles. The van der Waals surface area contributed by atoms with Crippen LogP contribution in [0.5, 0.6) is 11.5 Å². The Balaban J connectivity index is 2.05. The van der Waals surface area contributed by atoms with E-state index >= 15 is 0 Å². The molecule has 2 rings (SSSR count). The summed E-state index contributed by atoms with van der Waals surface area (Å²) in [6.45, 7) is 0.424. The number of carbonyl (C=O) groups excluding carboxylic acids is 1. The average Bonchev–Trinajstić information content (AvgIpc) is 3.00. The Bertz CT molecular complexity index is 598. The van der Waals surface area contributed by atoms with Crippen LogP contribution < -0.4 is 14.8 Å². The van der Waals surface area contributed by atoms with Crippen molar-refractivity contribution in [2.45, 2.75) is 6.54 Å². The predicted octanol–water partition coefficient (Wildman–Crippen LogP) is 2.70. The number of carbonyl (C=O) groups is 1. The molecule has 0 fully saturated rings. The van der Waals surface area contributed by atoms with E-state index in [0.717, 1.165) is 5.69 Å². The topological polar surface area (TPSA) is 69.9 Å². The normalized spacial score (nSPS) is 10.0. The van der Waals surface area contributed by atoms with E-state index in [2.05, 4.69) is 10.1 Å². The number of hydrogen-bond donors (Lipinski definition) is 1. The van der Waals surface area contributed by atoms with Gasteiger partial charge in [0.15, 0.2) is 0 Å². The second-order valence-electron chi connectivity index (χ2n) is 4.21. The van der Waals surface area contributed by atoms with Gasteiger partial charge in [-0.2, -0.15) is 0 Å². The molecule has 0 saturated carbocycles. The van der Waals surface area contributed by atoms with Gasteiger partial charge in [0.25, 0.3) is 0 Å². The summed E-state index contributed by atoms with van der Waals surface area (Å²) in [5.74, 6) is 1.68. The number of benzene rings is 1. The molecule has 0 saturated heterocycles. The van der Waals surface area contributed by atoms with Gasteiger partial charge < -0.3 is 23.9 Å². The van der Waals surface area contributed by atoms with Gasteiger partial charge in [0, 0.05) is 23.9 Å². The van der Waals surface area contributed by atoms with Crippen LogP contribution in [-0.4, -0.2) is 27.3 Å². The Kier molecular flexibility index (Phi) is 4.71. The Morgan fingerprint density at radius 1 is 1.10 bits per heavy atom. The first-order valence-corrected chi connectivity index (χ1v) is 6.30. The number of nitrogens with one attached hydrogen (secondary N) is 1. The molecule has 0 aliphatic carbocycles. The highest BCUT2D eigenvalue weighted by Gasteiger charge is 2.11. The van der Waals surface area contributed by atoms with Crippen molar-refractivity contribution in [3.8, 4) is 11.5 Å². The van der Waals surface area contributed by atoms with Gasteiger partial charge in [0.05, 0.1) is 27.9 Å². The third-order valence-corrected chi connectivity index (χ3v) is 2.87. The average molecular weight is 291 g/mol. The van der Waals surface area contributed by atoms with E-state index < -0.39 is 5.97 Å². The second-order valence-corrected chi connectivity index (χ2v) is 4.21. The van der Waals surface area contributed by atoms with E-state index in [-0.39, 0.29) is 5.76 Å². The van der Waals surface area contributed by atoms with Crippen LogP contribution in [0.1, 0.15) is 16.3 Å². The van der Waals surface area contributed by atoms with E-state index in [1.54, 1.807) is 32.4 Å². The minimum Gasteiger partial charge on any atom is -0.497 e. The molecule has 6 heteroatoms. The van der Waals surface area contributed by atoms with Crippen molar-refractivity contribution in [1.82, 2.24) is 0 Å². The van der Waals surface area contributed by atoms with Crippen LogP contribution in [0.2, 0.25) is 0 Å². The van der Waals surface area contributed by atoms with Crippen molar-refractivity contribution in [1.29, 1.82) is 0 Å². The lowest BCUT2D eigenvalue weighted by molar-refractivity contribution is 0.0563. The van der Waals surface area contributed by atoms with Gasteiger partial charge in [-0.1, -0.05) is 0 Å². The molecule has 0 aliphatic heterocycles. The zero-order chi connectivity index (χ0) is 15.2. The molecule has 1 aromatic carbocycles. The van der Waals surface area contributed by atoms with Crippen molar-refractivity contribution in [2.75, 3.05) is 26.6 Å². The molecule has 0 spiro atoms. The molecule has 1 heterocycles. The van der Waals surface area contributed by atoms with E-state index in [4.69, 9.17) is 13.9 Å². The van der Waals surface area contributed by atoms with Gasteiger partial charge in [-0.3, -0.25) is 0 Å². The Labute approximate surface area is 122 Å². The van der Waals surface area contributed by atoms with Crippen molar-refractivity contribution in [2.24, 2.45) is 0 Å². The van der Waals surface area contributed by atoms with Crippen molar-refractivity contribution in [3.63, 3.8) is 0 Å². The van der Waals surface area contributed by atoms with Gasteiger partial charge >= 0.3 is 5.97 Å². The lowest BCUT2D eigenvalue weighted by Crippen LogP contribution is -2.00. The predicted molar refractivity (Wildman–Crippen MR) is 76.9 cm³/mol. The van der Waals surface area contributed by atoms with Gasteiger partial charge in [-0.05, 0) is 12.1 Å². The first-order chi connectivity index (χ1) is 10.2. The largest absolute Gasteiger partial charge is 0.497 e. The van der Waals surface area contributed by atoms with Crippen LogP contribution in [0.15, 0.2) is 34.7 Å². The number of esters is 1. The Morgan fingerprint density at radius 3 is 2.33 bits per heavy atom. The molecule has 1 N–H and O–H groups in total. The Hall–Kier alpha value is -2.63. The van der Waals surface area contributed by atoms with Crippen LogP contribution in [0.25, 0.3) is 0 Å². The van der Waals surface area contributed by atoms with E-state index in [1.165, 1.54) is 7.11 Å². The minimum absolute atomic E-state index is 0.178. The van der Waals surface area contributed by atoms with Crippen molar-refractivity contribution >= 4 is 11.7 Å². The fourth-order valence-electron chi connectivity index (χ4n) is 1.78. The molecule has 0 bridgehead atoms. The molecule has 112 valence electrons. The van der Waals surface area contributed by atoms with Gasteiger partial charge in [0.2, 0.25) is 5.76 Å². The lowest BCUT2D eigenvalue weighted by Gasteiger charge is -2.09. The summed E-state index contributed by atoms with van der Waals surface area (Å²) in [6, 6.07) is 8.76. The fourth-order valence-corrected chi connectivity index (χ4v) is 1.78. The van der Waals surface area contributed by atoms with Crippen LogP contribution in [0, 0.1) is 0 Å². The maximum atomic E-state index is 11.3. The van der Waals surface area contributed by atoms with Crippen LogP contribution in [0.3, 0.4) is 0 Å². The summed E-state index contributed by atoms with van der Waals surface area (Å²) in [4.78, 5) is 11.3. The number of anilines is 1. The van der Waals surface area contributed by atoms with Gasteiger partial charge in [0.1, 0.15) is 17.3 Å².